The van der Waals surface area contributed by atoms with Gasteiger partial charge in [-0.2, -0.15) is 0 Å². The molecular weight excluding hydrogens is 347 g/mol. The minimum atomic E-state index is -0.338. The SMILES string of the molecule is C=CCCCCN(C)C(=O)/C(=C/c1cc(F)ccc1Br)NC. The van der Waals surface area contributed by atoms with Gasteiger partial charge in [0.15, 0.2) is 0 Å². The summed E-state index contributed by atoms with van der Waals surface area (Å²) in [7, 11) is 3.45. The molecule has 3 nitrogen and oxygen atoms in total. The van der Waals surface area contributed by atoms with Gasteiger partial charge in [-0.3, -0.25) is 4.79 Å². The van der Waals surface area contributed by atoms with Crippen LogP contribution in [-0.2, 0) is 4.79 Å². The minimum absolute atomic E-state index is 0.114. The number of nitrogens with zero attached hydrogens (tertiary/aromatic N) is 1. The molecule has 0 aliphatic rings. The Morgan fingerprint density at radius 3 is 2.82 bits per heavy atom. The van der Waals surface area contributed by atoms with Crippen LogP contribution < -0.4 is 5.32 Å². The number of carbonyl (C=O) groups is 1. The van der Waals surface area contributed by atoms with E-state index < -0.39 is 0 Å². The van der Waals surface area contributed by atoms with Crippen LogP contribution in [0.3, 0.4) is 0 Å². The number of likely N-dealkylation sites (N-methyl/N-ethyl adjacent to an activating group) is 2. The smallest absolute Gasteiger partial charge is 0.269 e. The number of hydrogen-bond donors (Lipinski definition) is 1. The fourth-order valence-corrected chi connectivity index (χ4v) is 2.33. The second-order valence-corrected chi connectivity index (χ2v) is 5.84. The van der Waals surface area contributed by atoms with Crippen LogP contribution in [0.4, 0.5) is 4.39 Å². The second-order valence-electron chi connectivity index (χ2n) is 4.99. The van der Waals surface area contributed by atoms with E-state index in [9.17, 15) is 9.18 Å². The van der Waals surface area contributed by atoms with Gasteiger partial charge in [0.25, 0.3) is 5.91 Å². The second kappa shape index (κ2) is 9.41. The average molecular weight is 369 g/mol. The Kier molecular flexibility index (Phi) is 7.88. The van der Waals surface area contributed by atoms with Crippen molar-refractivity contribution in [1.29, 1.82) is 0 Å². The number of carbonyl (C=O) groups excluding carboxylic acids is 1. The molecule has 0 aromatic heterocycles. The predicted molar refractivity (Wildman–Crippen MR) is 92.8 cm³/mol. The molecule has 1 aromatic rings. The first-order valence-electron chi connectivity index (χ1n) is 7.20. The molecule has 0 spiro atoms. The summed E-state index contributed by atoms with van der Waals surface area (Å²) in [5.74, 6) is -0.451. The first-order chi connectivity index (χ1) is 10.5. The lowest BCUT2D eigenvalue weighted by Gasteiger charge is -2.19. The van der Waals surface area contributed by atoms with E-state index in [0.29, 0.717) is 17.8 Å². The Labute approximate surface area is 140 Å². The Bertz CT molecular complexity index is 558. The number of rotatable bonds is 8. The fourth-order valence-electron chi connectivity index (χ4n) is 1.97. The van der Waals surface area contributed by atoms with Gasteiger partial charge in [0.05, 0.1) is 0 Å². The molecule has 0 unspecified atom stereocenters. The molecule has 1 amide bonds. The van der Waals surface area contributed by atoms with Crippen molar-refractivity contribution in [3.8, 4) is 0 Å². The van der Waals surface area contributed by atoms with Crippen LogP contribution in [0.2, 0.25) is 0 Å². The van der Waals surface area contributed by atoms with Crippen LogP contribution in [0.15, 0.2) is 41.0 Å². The van der Waals surface area contributed by atoms with Crippen LogP contribution >= 0.6 is 15.9 Å². The lowest BCUT2D eigenvalue weighted by atomic mass is 10.1. The monoisotopic (exact) mass is 368 g/mol. The van der Waals surface area contributed by atoms with Crippen LogP contribution in [0, 0.1) is 5.82 Å². The number of benzene rings is 1. The van der Waals surface area contributed by atoms with Gasteiger partial charge in [0.2, 0.25) is 0 Å². The van der Waals surface area contributed by atoms with Crippen molar-refractivity contribution in [3.63, 3.8) is 0 Å². The topological polar surface area (TPSA) is 32.3 Å². The zero-order valence-electron chi connectivity index (χ0n) is 13.0. The van der Waals surface area contributed by atoms with E-state index in [1.165, 1.54) is 12.1 Å². The van der Waals surface area contributed by atoms with Crippen molar-refractivity contribution in [2.75, 3.05) is 20.6 Å². The molecule has 1 rings (SSSR count). The van der Waals surface area contributed by atoms with Gasteiger partial charge in [-0.1, -0.05) is 22.0 Å². The summed E-state index contributed by atoms with van der Waals surface area (Å²) < 4.78 is 14.1. The van der Waals surface area contributed by atoms with Gasteiger partial charge in [-0.15, -0.1) is 6.58 Å². The van der Waals surface area contributed by atoms with Crippen molar-refractivity contribution in [2.24, 2.45) is 0 Å². The van der Waals surface area contributed by atoms with Gasteiger partial charge in [0.1, 0.15) is 11.5 Å². The summed E-state index contributed by atoms with van der Waals surface area (Å²) in [6.07, 6.45) is 6.41. The van der Waals surface area contributed by atoms with Crippen LogP contribution in [0.5, 0.6) is 0 Å². The number of nitrogens with one attached hydrogen (secondary N) is 1. The van der Waals surface area contributed by atoms with Crippen LogP contribution in [-0.4, -0.2) is 31.4 Å². The van der Waals surface area contributed by atoms with Crippen LogP contribution in [0.25, 0.3) is 6.08 Å². The van der Waals surface area contributed by atoms with Crippen molar-refractivity contribution in [3.05, 3.63) is 52.4 Å². The Hall–Kier alpha value is -1.62. The lowest BCUT2D eigenvalue weighted by Crippen LogP contribution is -2.33. The predicted octanol–water partition coefficient (Wildman–Crippen LogP) is 3.96. The van der Waals surface area contributed by atoms with E-state index >= 15 is 0 Å². The molecule has 5 heteroatoms. The number of hydrogen-bond acceptors (Lipinski definition) is 2. The summed E-state index contributed by atoms with van der Waals surface area (Å²) in [6, 6.07) is 4.38. The molecule has 0 saturated carbocycles. The molecular formula is C17H22BrFN2O. The molecule has 0 heterocycles. The first-order valence-corrected chi connectivity index (χ1v) is 7.99. The number of unbranched alkanes of at least 4 members (excludes halogenated alkanes) is 2. The molecule has 0 aliphatic carbocycles. The molecule has 0 fully saturated rings. The Morgan fingerprint density at radius 1 is 1.45 bits per heavy atom. The van der Waals surface area contributed by atoms with Gasteiger partial charge < -0.3 is 10.2 Å². The van der Waals surface area contributed by atoms with Gasteiger partial charge in [0, 0.05) is 25.1 Å². The largest absolute Gasteiger partial charge is 0.384 e. The summed E-state index contributed by atoms with van der Waals surface area (Å²) >= 11 is 3.36. The zero-order chi connectivity index (χ0) is 16.5. The maximum Gasteiger partial charge on any atom is 0.269 e. The third-order valence-corrected chi connectivity index (χ3v) is 3.98. The molecule has 1 aromatic carbocycles. The van der Waals surface area contributed by atoms with Gasteiger partial charge in [-0.05, 0) is 49.1 Å². The molecule has 0 atom stereocenters. The lowest BCUT2D eigenvalue weighted by molar-refractivity contribution is -0.126. The Balaban J connectivity index is 2.80. The maximum absolute atomic E-state index is 13.3. The van der Waals surface area contributed by atoms with Gasteiger partial charge >= 0.3 is 0 Å². The highest BCUT2D eigenvalue weighted by atomic mass is 79.9. The highest BCUT2D eigenvalue weighted by Gasteiger charge is 2.14. The van der Waals surface area contributed by atoms with E-state index in [1.807, 2.05) is 6.08 Å². The molecule has 1 N–H and O–H groups in total. The maximum atomic E-state index is 13.3. The van der Waals surface area contributed by atoms with E-state index in [2.05, 4.69) is 27.8 Å². The Morgan fingerprint density at radius 2 is 2.18 bits per heavy atom. The summed E-state index contributed by atoms with van der Waals surface area (Å²) in [5.41, 5.74) is 1.05. The zero-order valence-corrected chi connectivity index (χ0v) is 14.6. The summed E-state index contributed by atoms with van der Waals surface area (Å²) in [5, 5.41) is 2.89. The molecule has 0 aliphatic heterocycles. The van der Waals surface area contributed by atoms with E-state index in [-0.39, 0.29) is 11.7 Å². The molecule has 0 saturated heterocycles. The third kappa shape index (κ3) is 5.64. The number of allylic oxidation sites excluding steroid dienone is 1. The quantitative estimate of drug-likeness (QED) is 0.427. The minimum Gasteiger partial charge on any atom is -0.384 e. The summed E-state index contributed by atoms with van der Waals surface area (Å²) in [4.78, 5) is 14.1. The number of amides is 1. The van der Waals surface area contributed by atoms with Crippen molar-refractivity contribution < 1.29 is 9.18 Å². The number of halogens is 2. The van der Waals surface area contributed by atoms with E-state index in [1.54, 1.807) is 31.1 Å². The highest BCUT2D eigenvalue weighted by molar-refractivity contribution is 9.10. The van der Waals surface area contributed by atoms with Crippen molar-refractivity contribution in [1.82, 2.24) is 10.2 Å². The molecule has 120 valence electrons. The van der Waals surface area contributed by atoms with Crippen molar-refractivity contribution in [2.45, 2.75) is 19.3 Å². The molecule has 0 radical (unpaired) electrons. The molecule has 22 heavy (non-hydrogen) atoms. The fraction of sp³-hybridized carbons (Fsp3) is 0.353. The normalized spacial score (nSPS) is 11.2. The standard InChI is InChI=1S/C17H22BrFN2O/c1-4-5-6-7-10-21(3)17(22)16(20-2)12-13-11-14(19)8-9-15(13)18/h4,8-9,11-12,20H,1,5-7,10H2,2-3H3/b16-12-. The highest BCUT2D eigenvalue weighted by Crippen LogP contribution is 2.20. The van der Waals surface area contributed by atoms with Crippen LogP contribution in [0.1, 0.15) is 24.8 Å². The van der Waals surface area contributed by atoms with Gasteiger partial charge in [-0.25, -0.2) is 4.39 Å². The third-order valence-electron chi connectivity index (χ3n) is 3.26. The first kappa shape index (κ1) is 18.4. The summed E-state index contributed by atoms with van der Waals surface area (Å²) in [6.45, 7) is 4.36. The molecule has 0 bridgehead atoms. The van der Waals surface area contributed by atoms with E-state index in [0.717, 1.165) is 23.7 Å². The van der Waals surface area contributed by atoms with E-state index in [4.69, 9.17) is 0 Å². The average Bonchev–Trinajstić information content (AvgIpc) is 2.51. The van der Waals surface area contributed by atoms with Crippen molar-refractivity contribution >= 4 is 27.9 Å².